The van der Waals surface area contributed by atoms with E-state index in [9.17, 15) is 4.79 Å². The van der Waals surface area contributed by atoms with Crippen LogP contribution in [0.4, 0.5) is 0 Å². The summed E-state index contributed by atoms with van der Waals surface area (Å²) in [6, 6.07) is 7.64. The Bertz CT molecular complexity index is 428. The number of nitrogens with zero attached hydrogens (tertiary/aromatic N) is 1. The highest BCUT2D eigenvalue weighted by molar-refractivity contribution is 5.96. The summed E-state index contributed by atoms with van der Waals surface area (Å²) in [5.74, 6) is 1.18. The molecule has 1 aromatic carbocycles. The summed E-state index contributed by atoms with van der Waals surface area (Å²) in [5, 5.41) is 0. The number of carbonyl (C=O) groups excluding carboxylic acids is 1. The van der Waals surface area contributed by atoms with Crippen LogP contribution in [0.15, 0.2) is 24.3 Å². The van der Waals surface area contributed by atoms with Crippen LogP contribution in [0.3, 0.4) is 0 Å². The summed E-state index contributed by atoms with van der Waals surface area (Å²) in [6.07, 6.45) is 2.03. The number of amides is 1. The number of hydrogen-bond donors (Lipinski definition) is 1. The van der Waals surface area contributed by atoms with Crippen molar-refractivity contribution >= 4 is 5.91 Å². The Balaban J connectivity index is 2.01. The molecule has 98 valence electrons. The van der Waals surface area contributed by atoms with E-state index >= 15 is 0 Å². The molecule has 1 aliphatic rings. The summed E-state index contributed by atoms with van der Waals surface area (Å²) in [5.41, 5.74) is 6.37. The number of ether oxygens (including phenoxy) is 1. The standard InChI is InChI=1S/C14H20N2O2/c1-16(9-10-7-11(15)8-10)14(17)12-5-3-4-6-13(12)18-2/h3-6,10-11H,7-9,15H2,1-2H3. The quantitative estimate of drug-likeness (QED) is 0.878. The van der Waals surface area contributed by atoms with E-state index in [1.54, 1.807) is 24.1 Å². The summed E-state index contributed by atoms with van der Waals surface area (Å²) < 4.78 is 5.21. The average Bonchev–Trinajstić information content (AvgIpc) is 2.35. The first-order chi connectivity index (χ1) is 8.61. The molecule has 1 fully saturated rings. The third-order valence-electron chi connectivity index (χ3n) is 3.49. The number of carbonyl (C=O) groups is 1. The Hall–Kier alpha value is -1.55. The molecule has 4 heteroatoms. The lowest BCUT2D eigenvalue weighted by Gasteiger charge is -2.35. The molecule has 1 aliphatic carbocycles. The van der Waals surface area contributed by atoms with Gasteiger partial charge in [-0.2, -0.15) is 0 Å². The van der Waals surface area contributed by atoms with Crippen LogP contribution in [0.1, 0.15) is 23.2 Å². The van der Waals surface area contributed by atoms with Crippen molar-refractivity contribution < 1.29 is 9.53 Å². The van der Waals surface area contributed by atoms with Crippen LogP contribution < -0.4 is 10.5 Å². The average molecular weight is 248 g/mol. The Kier molecular flexibility index (Phi) is 3.87. The lowest BCUT2D eigenvalue weighted by Crippen LogP contribution is -2.43. The van der Waals surface area contributed by atoms with Gasteiger partial charge in [-0.15, -0.1) is 0 Å². The molecule has 2 rings (SSSR count). The van der Waals surface area contributed by atoms with E-state index in [2.05, 4.69) is 0 Å². The second-order valence-corrected chi connectivity index (χ2v) is 4.98. The molecule has 0 heterocycles. The molecule has 0 aliphatic heterocycles. The molecular weight excluding hydrogens is 228 g/mol. The van der Waals surface area contributed by atoms with E-state index in [0.717, 1.165) is 19.4 Å². The van der Waals surface area contributed by atoms with Crippen LogP contribution in [-0.4, -0.2) is 37.6 Å². The van der Waals surface area contributed by atoms with E-state index in [0.29, 0.717) is 23.3 Å². The molecular formula is C14H20N2O2. The van der Waals surface area contributed by atoms with Crippen LogP contribution in [0.2, 0.25) is 0 Å². The van der Waals surface area contributed by atoms with Crippen LogP contribution in [-0.2, 0) is 0 Å². The van der Waals surface area contributed by atoms with E-state index in [1.807, 2.05) is 19.2 Å². The predicted octanol–water partition coefficient (Wildman–Crippen LogP) is 1.50. The molecule has 0 radical (unpaired) electrons. The van der Waals surface area contributed by atoms with Gasteiger partial charge in [0.1, 0.15) is 5.75 Å². The van der Waals surface area contributed by atoms with Gasteiger partial charge in [0.05, 0.1) is 12.7 Å². The highest BCUT2D eigenvalue weighted by Crippen LogP contribution is 2.27. The molecule has 1 saturated carbocycles. The molecule has 2 N–H and O–H groups in total. The molecule has 0 atom stereocenters. The van der Waals surface area contributed by atoms with Crippen molar-refractivity contribution in [3.05, 3.63) is 29.8 Å². The third kappa shape index (κ3) is 2.64. The minimum Gasteiger partial charge on any atom is -0.496 e. The van der Waals surface area contributed by atoms with Crippen LogP contribution in [0.25, 0.3) is 0 Å². The minimum atomic E-state index is 0.00733. The lowest BCUT2D eigenvalue weighted by atomic mass is 9.80. The number of methoxy groups -OCH3 is 1. The maximum Gasteiger partial charge on any atom is 0.257 e. The third-order valence-corrected chi connectivity index (χ3v) is 3.49. The molecule has 18 heavy (non-hydrogen) atoms. The van der Waals surface area contributed by atoms with Crippen LogP contribution in [0, 0.1) is 5.92 Å². The molecule has 1 aromatic rings. The summed E-state index contributed by atoms with van der Waals surface area (Å²) in [7, 11) is 3.41. The monoisotopic (exact) mass is 248 g/mol. The first-order valence-electron chi connectivity index (χ1n) is 6.26. The zero-order chi connectivity index (χ0) is 13.1. The lowest BCUT2D eigenvalue weighted by molar-refractivity contribution is 0.0731. The zero-order valence-corrected chi connectivity index (χ0v) is 10.9. The Morgan fingerprint density at radius 1 is 1.44 bits per heavy atom. The summed E-state index contributed by atoms with van der Waals surface area (Å²) >= 11 is 0. The Labute approximate surface area is 108 Å². The molecule has 1 amide bonds. The normalized spacial score (nSPS) is 22.2. The number of nitrogens with two attached hydrogens (primary N) is 1. The van der Waals surface area contributed by atoms with Crippen LogP contribution >= 0.6 is 0 Å². The molecule has 0 aromatic heterocycles. The number of para-hydroxylation sites is 1. The molecule has 0 bridgehead atoms. The fourth-order valence-electron chi connectivity index (χ4n) is 2.43. The second-order valence-electron chi connectivity index (χ2n) is 4.98. The topological polar surface area (TPSA) is 55.6 Å². The first kappa shape index (κ1) is 12.9. The number of hydrogen-bond acceptors (Lipinski definition) is 3. The van der Waals surface area contributed by atoms with Gasteiger partial charge < -0.3 is 15.4 Å². The van der Waals surface area contributed by atoms with E-state index < -0.39 is 0 Å². The van der Waals surface area contributed by atoms with Crippen molar-refractivity contribution in [3.8, 4) is 5.75 Å². The minimum absolute atomic E-state index is 0.00733. The van der Waals surface area contributed by atoms with E-state index in [4.69, 9.17) is 10.5 Å². The van der Waals surface area contributed by atoms with Crippen molar-refractivity contribution in [2.45, 2.75) is 18.9 Å². The summed E-state index contributed by atoms with van der Waals surface area (Å²) in [6.45, 7) is 0.768. The second kappa shape index (κ2) is 5.40. The van der Waals surface area contributed by atoms with Crippen molar-refractivity contribution in [2.75, 3.05) is 20.7 Å². The van der Waals surface area contributed by atoms with Gasteiger partial charge in [0.2, 0.25) is 0 Å². The SMILES string of the molecule is COc1ccccc1C(=O)N(C)CC1CC(N)C1. The Morgan fingerprint density at radius 2 is 2.11 bits per heavy atom. The molecule has 0 saturated heterocycles. The van der Waals surface area contributed by atoms with Gasteiger partial charge in [-0.25, -0.2) is 0 Å². The van der Waals surface area contributed by atoms with E-state index in [-0.39, 0.29) is 5.91 Å². The van der Waals surface area contributed by atoms with Gasteiger partial charge in [0, 0.05) is 19.6 Å². The van der Waals surface area contributed by atoms with Gasteiger partial charge in [-0.3, -0.25) is 4.79 Å². The smallest absolute Gasteiger partial charge is 0.257 e. The molecule has 4 nitrogen and oxygen atoms in total. The number of rotatable bonds is 4. The fraction of sp³-hybridized carbons (Fsp3) is 0.500. The highest BCUT2D eigenvalue weighted by Gasteiger charge is 2.28. The zero-order valence-electron chi connectivity index (χ0n) is 10.9. The van der Waals surface area contributed by atoms with Crippen molar-refractivity contribution in [3.63, 3.8) is 0 Å². The van der Waals surface area contributed by atoms with Crippen LogP contribution in [0.5, 0.6) is 5.75 Å². The highest BCUT2D eigenvalue weighted by atomic mass is 16.5. The Morgan fingerprint density at radius 3 is 2.72 bits per heavy atom. The van der Waals surface area contributed by atoms with Gasteiger partial charge in [0.25, 0.3) is 5.91 Å². The van der Waals surface area contributed by atoms with Crippen molar-refractivity contribution in [2.24, 2.45) is 11.7 Å². The number of benzene rings is 1. The van der Waals surface area contributed by atoms with Gasteiger partial charge in [0.15, 0.2) is 0 Å². The van der Waals surface area contributed by atoms with Crippen molar-refractivity contribution in [1.29, 1.82) is 0 Å². The van der Waals surface area contributed by atoms with Crippen molar-refractivity contribution in [1.82, 2.24) is 4.90 Å². The fourth-order valence-corrected chi connectivity index (χ4v) is 2.43. The molecule has 0 unspecified atom stereocenters. The maximum absolute atomic E-state index is 12.3. The first-order valence-corrected chi connectivity index (χ1v) is 6.26. The molecule has 0 spiro atoms. The maximum atomic E-state index is 12.3. The van der Waals surface area contributed by atoms with Gasteiger partial charge >= 0.3 is 0 Å². The van der Waals surface area contributed by atoms with Gasteiger partial charge in [-0.1, -0.05) is 12.1 Å². The largest absolute Gasteiger partial charge is 0.496 e. The predicted molar refractivity (Wildman–Crippen MR) is 70.7 cm³/mol. The van der Waals surface area contributed by atoms with E-state index in [1.165, 1.54) is 0 Å². The summed E-state index contributed by atoms with van der Waals surface area (Å²) in [4.78, 5) is 14.1. The van der Waals surface area contributed by atoms with Gasteiger partial charge in [-0.05, 0) is 30.9 Å².